The summed E-state index contributed by atoms with van der Waals surface area (Å²) < 4.78 is 1.53. The first-order valence-corrected chi connectivity index (χ1v) is 5.50. The topological polar surface area (TPSA) is 60.7 Å². The van der Waals surface area contributed by atoms with Crippen LogP contribution in [0.5, 0.6) is 0 Å². The number of hydrogen-bond acceptors (Lipinski definition) is 4. The van der Waals surface area contributed by atoms with E-state index in [0.29, 0.717) is 10.8 Å². The highest BCUT2D eigenvalue weighted by Crippen LogP contribution is 2.19. The van der Waals surface area contributed by atoms with Crippen molar-refractivity contribution in [3.63, 3.8) is 0 Å². The zero-order chi connectivity index (χ0) is 12.4. The van der Waals surface area contributed by atoms with E-state index < -0.39 is 0 Å². The summed E-state index contributed by atoms with van der Waals surface area (Å²) in [6.07, 6.45) is 2.88. The van der Waals surface area contributed by atoms with E-state index in [1.54, 1.807) is 7.05 Å². The lowest BCUT2D eigenvalue weighted by atomic mass is 10.2. The first-order valence-electron chi connectivity index (χ1n) is 4.75. The van der Waals surface area contributed by atoms with Crippen LogP contribution in [0.15, 0.2) is 18.6 Å². The van der Waals surface area contributed by atoms with Gasteiger partial charge < -0.3 is 0 Å². The summed E-state index contributed by atoms with van der Waals surface area (Å²) in [4.78, 5) is 19.8. The van der Waals surface area contributed by atoms with Crippen LogP contribution in [0.25, 0.3) is 0 Å². The molecular weight excluding hydrogens is 263 g/mol. The first-order chi connectivity index (χ1) is 8.08. The number of ketones is 1. The Balaban J connectivity index is 2.23. The molecule has 2 heterocycles. The highest BCUT2D eigenvalue weighted by atomic mass is 35.5. The zero-order valence-corrected chi connectivity index (χ0v) is 10.4. The molecule has 0 aliphatic carbocycles. The molecule has 0 N–H and O–H groups in total. The summed E-state index contributed by atoms with van der Waals surface area (Å²) in [5.74, 6) is 0.339. The fourth-order valence-electron chi connectivity index (χ4n) is 1.33. The summed E-state index contributed by atoms with van der Waals surface area (Å²) >= 11 is 11.6. The molecule has 2 rings (SSSR count). The predicted molar refractivity (Wildman–Crippen MR) is 63.3 cm³/mol. The van der Waals surface area contributed by atoms with Gasteiger partial charge in [0.25, 0.3) is 0 Å². The van der Waals surface area contributed by atoms with Gasteiger partial charge in [-0.1, -0.05) is 23.2 Å². The third-order valence-electron chi connectivity index (χ3n) is 2.20. The van der Waals surface area contributed by atoms with E-state index in [-0.39, 0.29) is 22.9 Å². The summed E-state index contributed by atoms with van der Waals surface area (Å²) in [6.45, 7) is 0. The average Bonchev–Trinajstić information content (AvgIpc) is 2.64. The number of aryl methyl sites for hydroxylation is 1. The van der Waals surface area contributed by atoms with Gasteiger partial charge in [0.05, 0.1) is 16.5 Å². The number of nitrogens with zero attached hydrogens (tertiary/aromatic N) is 4. The molecular formula is C10H8Cl2N4O. The van der Waals surface area contributed by atoms with E-state index in [4.69, 9.17) is 23.2 Å². The second-order valence-corrected chi connectivity index (χ2v) is 4.23. The van der Waals surface area contributed by atoms with Gasteiger partial charge in [0.2, 0.25) is 0 Å². The molecule has 0 fully saturated rings. The van der Waals surface area contributed by atoms with Crippen LogP contribution in [0.3, 0.4) is 0 Å². The van der Waals surface area contributed by atoms with Gasteiger partial charge in [-0.2, -0.15) is 5.10 Å². The SMILES string of the molecule is Cn1ncnc1CC(=O)c1ncc(Cl)cc1Cl. The minimum Gasteiger partial charge on any atom is -0.292 e. The third kappa shape index (κ3) is 2.62. The molecule has 17 heavy (non-hydrogen) atoms. The second kappa shape index (κ2) is 4.81. The molecule has 0 saturated carbocycles. The molecule has 2 aromatic rings. The fourth-order valence-corrected chi connectivity index (χ4v) is 1.81. The fraction of sp³-hybridized carbons (Fsp3) is 0.200. The lowest BCUT2D eigenvalue weighted by Crippen LogP contribution is -2.11. The predicted octanol–water partition coefficient (Wildman–Crippen LogP) is 1.94. The molecule has 0 spiro atoms. The Labute approximate surface area is 107 Å². The van der Waals surface area contributed by atoms with E-state index in [2.05, 4.69) is 15.1 Å². The number of halogens is 2. The van der Waals surface area contributed by atoms with Crippen LogP contribution in [0.4, 0.5) is 0 Å². The Bertz CT molecular complexity index is 567. The Morgan fingerprint density at radius 2 is 2.18 bits per heavy atom. The van der Waals surface area contributed by atoms with Crippen LogP contribution in [0, 0.1) is 0 Å². The van der Waals surface area contributed by atoms with Crippen molar-refractivity contribution in [2.75, 3.05) is 0 Å². The van der Waals surface area contributed by atoms with Crippen molar-refractivity contribution in [3.8, 4) is 0 Å². The molecule has 0 radical (unpaired) electrons. The number of Topliss-reactive ketones (excluding diaryl/α,β-unsaturated/α-hetero) is 1. The number of pyridine rings is 1. The van der Waals surface area contributed by atoms with Gasteiger partial charge in [-0.25, -0.2) is 9.97 Å². The minimum atomic E-state index is -0.220. The molecule has 0 unspecified atom stereocenters. The number of hydrogen-bond donors (Lipinski definition) is 0. The van der Waals surface area contributed by atoms with Crippen LogP contribution in [-0.4, -0.2) is 25.5 Å². The van der Waals surface area contributed by atoms with Crippen LogP contribution < -0.4 is 0 Å². The molecule has 0 aliphatic rings. The van der Waals surface area contributed by atoms with Crippen molar-refractivity contribution in [2.24, 2.45) is 7.05 Å². The smallest absolute Gasteiger partial charge is 0.190 e. The van der Waals surface area contributed by atoms with Gasteiger partial charge in [0.15, 0.2) is 5.78 Å². The average molecular weight is 271 g/mol. The van der Waals surface area contributed by atoms with Crippen LogP contribution in [0.2, 0.25) is 10.0 Å². The monoisotopic (exact) mass is 270 g/mol. The lowest BCUT2D eigenvalue weighted by Gasteiger charge is -2.02. The standard InChI is InChI=1S/C10H8Cl2N4O/c1-16-9(14-5-15-16)3-8(17)10-7(12)2-6(11)4-13-10/h2,4-5H,3H2,1H3. The quantitative estimate of drug-likeness (QED) is 0.800. The maximum Gasteiger partial charge on any atom is 0.190 e. The van der Waals surface area contributed by atoms with Crippen molar-refractivity contribution in [3.05, 3.63) is 40.2 Å². The van der Waals surface area contributed by atoms with Crippen molar-refractivity contribution in [2.45, 2.75) is 6.42 Å². The molecule has 0 bridgehead atoms. The van der Waals surface area contributed by atoms with Gasteiger partial charge in [0.1, 0.15) is 17.8 Å². The summed E-state index contributed by atoms with van der Waals surface area (Å²) in [6, 6.07) is 1.49. The molecule has 0 saturated heterocycles. The molecule has 5 nitrogen and oxygen atoms in total. The second-order valence-electron chi connectivity index (χ2n) is 3.38. The Morgan fingerprint density at radius 1 is 1.41 bits per heavy atom. The Hall–Kier alpha value is -1.46. The molecule has 0 amide bonds. The van der Waals surface area contributed by atoms with Gasteiger partial charge in [-0.3, -0.25) is 9.48 Å². The van der Waals surface area contributed by atoms with Crippen LogP contribution in [-0.2, 0) is 13.5 Å². The lowest BCUT2D eigenvalue weighted by molar-refractivity contribution is 0.0985. The van der Waals surface area contributed by atoms with Crippen molar-refractivity contribution in [1.29, 1.82) is 0 Å². The van der Waals surface area contributed by atoms with Crippen LogP contribution >= 0.6 is 23.2 Å². The maximum atomic E-state index is 11.9. The van der Waals surface area contributed by atoms with Crippen molar-refractivity contribution >= 4 is 29.0 Å². The van der Waals surface area contributed by atoms with E-state index in [0.717, 1.165) is 0 Å². The molecule has 88 valence electrons. The number of carbonyl (C=O) groups is 1. The van der Waals surface area contributed by atoms with Crippen molar-refractivity contribution < 1.29 is 4.79 Å². The van der Waals surface area contributed by atoms with Gasteiger partial charge >= 0.3 is 0 Å². The summed E-state index contributed by atoms with van der Waals surface area (Å²) in [5.41, 5.74) is 0.194. The largest absolute Gasteiger partial charge is 0.292 e. The summed E-state index contributed by atoms with van der Waals surface area (Å²) in [5, 5.41) is 4.51. The summed E-state index contributed by atoms with van der Waals surface area (Å²) in [7, 11) is 1.71. The molecule has 0 aromatic carbocycles. The van der Waals surface area contributed by atoms with Crippen LogP contribution in [0.1, 0.15) is 16.3 Å². The van der Waals surface area contributed by atoms with E-state index in [1.807, 2.05) is 0 Å². The van der Waals surface area contributed by atoms with Gasteiger partial charge in [0, 0.05) is 13.2 Å². The highest BCUT2D eigenvalue weighted by Gasteiger charge is 2.15. The first kappa shape index (κ1) is 12.0. The number of carbonyl (C=O) groups excluding carboxylic acids is 1. The van der Waals surface area contributed by atoms with Crippen molar-refractivity contribution in [1.82, 2.24) is 19.7 Å². The van der Waals surface area contributed by atoms with E-state index in [9.17, 15) is 4.79 Å². The number of aromatic nitrogens is 4. The number of rotatable bonds is 3. The molecule has 2 aromatic heterocycles. The molecule has 7 heteroatoms. The third-order valence-corrected chi connectivity index (χ3v) is 2.69. The normalized spacial score (nSPS) is 10.5. The Kier molecular flexibility index (Phi) is 3.40. The highest BCUT2D eigenvalue weighted by molar-refractivity contribution is 6.36. The zero-order valence-electron chi connectivity index (χ0n) is 8.89. The van der Waals surface area contributed by atoms with Gasteiger partial charge in [-0.05, 0) is 6.07 Å². The Morgan fingerprint density at radius 3 is 2.76 bits per heavy atom. The van der Waals surface area contributed by atoms with E-state index >= 15 is 0 Å². The maximum absolute atomic E-state index is 11.9. The van der Waals surface area contributed by atoms with Gasteiger partial charge in [-0.15, -0.1) is 0 Å². The molecule has 0 atom stereocenters. The molecule has 0 aliphatic heterocycles. The minimum absolute atomic E-state index is 0.102. The van der Waals surface area contributed by atoms with E-state index in [1.165, 1.54) is 23.3 Å².